The number of benzene rings is 2. The number of fused-ring (bicyclic) bond motifs is 3. The van der Waals surface area contributed by atoms with Crippen LogP contribution in [0.1, 0.15) is 43.2 Å². The third kappa shape index (κ3) is 2.33. The number of aryl methyl sites for hydroxylation is 1. The van der Waals surface area contributed by atoms with Crippen LogP contribution in [0.2, 0.25) is 0 Å². The molecular formula is C20H21NO3S. The van der Waals surface area contributed by atoms with Gasteiger partial charge in [-0.2, -0.15) is 0 Å². The second kappa shape index (κ2) is 5.43. The molecule has 0 amide bonds. The maximum absolute atomic E-state index is 13.5. The molecule has 130 valence electrons. The number of para-hydroxylation sites is 1. The van der Waals surface area contributed by atoms with Gasteiger partial charge in [0.2, 0.25) is 0 Å². The highest BCUT2D eigenvalue weighted by Crippen LogP contribution is 2.55. The number of carbonyl (C=O) groups is 1. The predicted octanol–water partition coefficient (Wildman–Crippen LogP) is 3.80. The normalized spacial score (nSPS) is 25.6. The van der Waals surface area contributed by atoms with Crippen molar-refractivity contribution in [3.63, 3.8) is 0 Å². The van der Waals surface area contributed by atoms with E-state index in [-0.39, 0.29) is 11.7 Å². The van der Waals surface area contributed by atoms with Gasteiger partial charge in [-0.1, -0.05) is 35.9 Å². The Balaban J connectivity index is 1.91. The Morgan fingerprint density at radius 3 is 2.48 bits per heavy atom. The van der Waals surface area contributed by atoms with Crippen molar-refractivity contribution in [1.82, 2.24) is 0 Å². The van der Waals surface area contributed by atoms with Crippen LogP contribution in [0.3, 0.4) is 0 Å². The monoisotopic (exact) mass is 355 g/mol. The van der Waals surface area contributed by atoms with Gasteiger partial charge in [-0.3, -0.25) is 9.10 Å². The van der Waals surface area contributed by atoms with Crippen LogP contribution in [0, 0.1) is 6.92 Å². The molecule has 0 bridgehead atoms. The Labute approximate surface area is 148 Å². The van der Waals surface area contributed by atoms with E-state index in [0.717, 1.165) is 11.1 Å². The summed E-state index contributed by atoms with van der Waals surface area (Å²) in [6, 6.07) is 14.6. The molecule has 0 radical (unpaired) electrons. The Bertz CT molecular complexity index is 949. The van der Waals surface area contributed by atoms with E-state index >= 15 is 0 Å². The summed E-state index contributed by atoms with van der Waals surface area (Å²) in [4.78, 5) is 12.4. The highest BCUT2D eigenvalue weighted by Gasteiger charge is 2.55. The fraction of sp³-hybridized carbons (Fsp3) is 0.350. The lowest BCUT2D eigenvalue weighted by atomic mass is 9.73. The Hall–Kier alpha value is -2.14. The molecule has 4 nitrogen and oxygen atoms in total. The van der Waals surface area contributed by atoms with Crippen molar-refractivity contribution in [3.05, 3.63) is 59.7 Å². The Kier molecular flexibility index (Phi) is 3.55. The maximum atomic E-state index is 13.5. The van der Waals surface area contributed by atoms with Crippen LogP contribution in [-0.4, -0.2) is 19.7 Å². The van der Waals surface area contributed by atoms with E-state index in [9.17, 15) is 13.2 Å². The Morgan fingerprint density at radius 2 is 1.76 bits per heavy atom. The van der Waals surface area contributed by atoms with E-state index in [0.29, 0.717) is 29.8 Å². The van der Waals surface area contributed by atoms with Crippen molar-refractivity contribution in [2.75, 3.05) is 4.31 Å². The van der Waals surface area contributed by atoms with Crippen molar-refractivity contribution >= 4 is 21.5 Å². The lowest BCUT2D eigenvalue weighted by Gasteiger charge is -2.42. The first-order valence-corrected chi connectivity index (χ1v) is 10.0. The number of hydrogen-bond acceptors (Lipinski definition) is 3. The fourth-order valence-electron chi connectivity index (χ4n) is 4.27. The number of ketones is 1. The van der Waals surface area contributed by atoms with E-state index < -0.39 is 15.6 Å². The number of nitrogens with zero attached hydrogens (tertiary/aromatic N) is 1. The topological polar surface area (TPSA) is 54.5 Å². The largest absolute Gasteiger partial charge is 0.300 e. The minimum atomic E-state index is -3.69. The minimum absolute atomic E-state index is 0.0785. The van der Waals surface area contributed by atoms with Crippen molar-refractivity contribution in [1.29, 1.82) is 0 Å². The van der Waals surface area contributed by atoms with Crippen molar-refractivity contribution in [2.24, 2.45) is 0 Å². The fourth-order valence-corrected chi connectivity index (χ4v) is 6.15. The molecule has 2 aliphatic rings. The van der Waals surface area contributed by atoms with E-state index in [1.807, 2.05) is 50.2 Å². The van der Waals surface area contributed by atoms with E-state index in [1.54, 1.807) is 16.4 Å². The average Bonchev–Trinajstić information content (AvgIpc) is 2.84. The standard InChI is InChI=1S/C20H21NO3S/c1-14-7-9-16(10-8-14)25(23,24)21-19-6-4-3-5-17(19)18-13-15(22)11-12-20(18,21)2/h3-10,18H,11-13H2,1-2H3/t18-,20-/m0/s1. The quantitative estimate of drug-likeness (QED) is 0.823. The van der Waals surface area contributed by atoms with Gasteiger partial charge in [0, 0.05) is 18.8 Å². The summed E-state index contributed by atoms with van der Waals surface area (Å²) in [6.07, 6.45) is 1.39. The van der Waals surface area contributed by atoms with Crippen LogP contribution in [0.5, 0.6) is 0 Å². The van der Waals surface area contributed by atoms with Gasteiger partial charge in [-0.15, -0.1) is 0 Å². The third-order valence-corrected chi connectivity index (χ3v) is 7.61. The van der Waals surface area contributed by atoms with Gasteiger partial charge >= 0.3 is 0 Å². The molecule has 0 aromatic heterocycles. The molecule has 1 fully saturated rings. The van der Waals surface area contributed by atoms with Gasteiger partial charge in [-0.25, -0.2) is 8.42 Å². The molecule has 1 saturated carbocycles. The first kappa shape index (κ1) is 16.3. The van der Waals surface area contributed by atoms with Crippen LogP contribution in [-0.2, 0) is 14.8 Å². The number of anilines is 1. The van der Waals surface area contributed by atoms with Gasteiger partial charge in [-0.05, 0) is 44.0 Å². The molecule has 1 aliphatic carbocycles. The summed E-state index contributed by atoms with van der Waals surface area (Å²) in [5.41, 5.74) is 2.11. The molecule has 2 atom stereocenters. The van der Waals surface area contributed by atoms with Crippen LogP contribution >= 0.6 is 0 Å². The van der Waals surface area contributed by atoms with Crippen LogP contribution in [0.25, 0.3) is 0 Å². The summed E-state index contributed by atoms with van der Waals surface area (Å²) in [5.74, 6) is 0.136. The number of hydrogen-bond donors (Lipinski definition) is 0. The Morgan fingerprint density at radius 1 is 1.08 bits per heavy atom. The lowest BCUT2D eigenvalue weighted by molar-refractivity contribution is -0.121. The smallest absolute Gasteiger partial charge is 0.264 e. The van der Waals surface area contributed by atoms with E-state index in [2.05, 4.69) is 0 Å². The molecule has 0 spiro atoms. The molecule has 2 aromatic carbocycles. The van der Waals surface area contributed by atoms with Crippen LogP contribution in [0.4, 0.5) is 5.69 Å². The molecule has 4 rings (SSSR count). The van der Waals surface area contributed by atoms with E-state index in [4.69, 9.17) is 0 Å². The summed E-state index contributed by atoms with van der Waals surface area (Å²) in [7, 11) is -3.69. The van der Waals surface area contributed by atoms with Gasteiger partial charge in [0.05, 0.1) is 16.1 Å². The number of sulfonamides is 1. The van der Waals surface area contributed by atoms with Crippen LogP contribution in [0.15, 0.2) is 53.4 Å². The van der Waals surface area contributed by atoms with Gasteiger partial charge in [0.25, 0.3) is 10.0 Å². The number of rotatable bonds is 2. The van der Waals surface area contributed by atoms with Crippen molar-refractivity contribution in [2.45, 2.75) is 49.5 Å². The molecule has 0 saturated heterocycles. The molecule has 1 heterocycles. The zero-order valence-electron chi connectivity index (χ0n) is 14.4. The zero-order valence-corrected chi connectivity index (χ0v) is 15.2. The summed E-state index contributed by atoms with van der Waals surface area (Å²) < 4.78 is 28.6. The second-order valence-electron chi connectivity index (χ2n) is 7.29. The molecule has 2 aromatic rings. The zero-order chi connectivity index (χ0) is 17.8. The highest BCUT2D eigenvalue weighted by molar-refractivity contribution is 7.93. The van der Waals surface area contributed by atoms with E-state index in [1.165, 1.54) is 0 Å². The van der Waals surface area contributed by atoms with Gasteiger partial charge in [0.15, 0.2) is 0 Å². The summed E-state index contributed by atoms with van der Waals surface area (Å²) in [6.45, 7) is 3.92. The SMILES string of the molecule is Cc1ccc(S(=O)(=O)N2c3ccccc3[C@@H]3CC(=O)CC[C@@]32C)cc1. The third-order valence-electron chi connectivity index (χ3n) is 5.65. The molecule has 1 aliphatic heterocycles. The summed E-state index contributed by atoms with van der Waals surface area (Å²) in [5, 5.41) is 0. The maximum Gasteiger partial charge on any atom is 0.264 e. The lowest BCUT2D eigenvalue weighted by Crippen LogP contribution is -2.52. The average molecular weight is 355 g/mol. The van der Waals surface area contributed by atoms with Crippen molar-refractivity contribution in [3.8, 4) is 0 Å². The number of Topliss-reactive ketones (excluding diaryl/α,β-unsaturated/α-hetero) is 1. The number of carbonyl (C=O) groups excluding carboxylic acids is 1. The van der Waals surface area contributed by atoms with Crippen LogP contribution < -0.4 is 4.31 Å². The summed E-state index contributed by atoms with van der Waals surface area (Å²) >= 11 is 0. The molecular weight excluding hydrogens is 334 g/mol. The van der Waals surface area contributed by atoms with Gasteiger partial charge < -0.3 is 0 Å². The van der Waals surface area contributed by atoms with Crippen molar-refractivity contribution < 1.29 is 13.2 Å². The minimum Gasteiger partial charge on any atom is -0.300 e. The molecule has 0 N–H and O–H groups in total. The first-order chi connectivity index (χ1) is 11.8. The second-order valence-corrected chi connectivity index (χ2v) is 9.08. The van der Waals surface area contributed by atoms with Gasteiger partial charge in [0.1, 0.15) is 5.78 Å². The molecule has 25 heavy (non-hydrogen) atoms. The predicted molar refractivity (Wildman–Crippen MR) is 97.3 cm³/mol. The molecule has 5 heteroatoms. The first-order valence-electron chi connectivity index (χ1n) is 8.57. The molecule has 0 unspecified atom stereocenters. The highest BCUT2D eigenvalue weighted by atomic mass is 32.2.